The number of hydrogen-bond acceptors (Lipinski definition) is 2. The summed E-state index contributed by atoms with van der Waals surface area (Å²) < 4.78 is 15.4. The molecule has 0 aliphatic carbocycles. The summed E-state index contributed by atoms with van der Waals surface area (Å²) in [6.07, 6.45) is 1.82. The molecule has 3 nitrogen and oxygen atoms in total. The molecule has 0 aliphatic rings. The van der Waals surface area contributed by atoms with Gasteiger partial charge in [0.2, 0.25) is 0 Å². The molecule has 0 aliphatic heterocycles. The Morgan fingerprint density at radius 2 is 2.06 bits per heavy atom. The smallest absolute Gasteiger partial charge is 0.146 e. The molecule has 5 heteroatoms. The fourth-order valence-electron chi connectivity index (χ4n) is 1.73. The van der Waals surface area contributed by atoms with Crippen molar-refractivity contribution >= 4 is 11.6 Å². The summed E-state index contributed by atoms with van der Waals surface area (Å²) >= 11 is 5.72. The van der Waals surface area contributed by atoms with E-state index in [-0.39, 0.29) is 10.8 Å². The maximum Gasteiger partial charge on any atom is 0.146 e. The Bertz CT molecular complexity index is 551. The number of nitrogens with zero attached hydrogens (tertiary/aromatic N) is 2. The Kier molecular flexibility index (Phi) is 3.99. The summed E-state index contributed by atoms with van der Waals surface area (Å²) in [7, 11) is 1.90. The van der Waals surface area contributed by atoms with E-state index < -0.39 is 0 Å². The number of aromatic nitrogens is 2. The van der Waals surface area contributed by atoms with Crippen LogP contribution in [0.25, 0.3) is 0 Å². The van der Waals surface area contributed by atoms with Gasteiger partial charge in [-0.3, -0.25) is 4.68 Å². The van der Waals surface area contributed by atoms with Crippen LogP contribution in [-0.2, 0) is 20.1 Å². The minimum absolute atomic E-state index is 0.159. The van der Waals surface area contributed by atoms with Crippen molar-refractivity contribution in [1.29, 1.82) is 0 Å². The zero-order valence-electron chi connectivity index (χ0n) is 10.4. The monoisotopic (exact) mass is 267 g/mol. The molecule has 1 aromatic heterocycles. The number of rotatable bonds is 4. The molecule has 2 aromatic rings. The minimum atomic E-state index is -0.352. The van der Waals surface area contributed by atoms with E-state index in [0.29, 0.717) is 18.7 Å². The van der Waals surface area contributed by atoms with Gasteiger partial charge in [-0.1, -0.05) is 23.7 Å². The molecule has 0 radical (unpaired) electrons. The lowest BCUT2D eigenvalue weighted by molar-refractivity contribution is 0.587. The van der Waals surface area contributed by atoms with Crippen LogP contribution in [0.4, 0.5) is 4.39 Å². The zero-order valence-corrected chi connectivity index (χ0v) is 11.1. The normalized spacial score (nSPS) is 10.9. The van der Waals surface area contributed by atoms with Crippen molar-refractivity contribution in [2.45, 2.75) is 20.0 Å². The highest BCUT2D eigenvalue weighted by Crippen LogP contribution is 2.17. The fraction of sp³-hybridized carbons (Fsp3) is 0.308. The van der Waals surface area contributed by atoms with E-state index in [9.17, 15) is 4.39 Å². The van der Waals surface area contributed by atoms with Gasteiger partial charge in [-0.25, -0.2) is 4.39 Å². The largest absolute Gasteiger partial charge is 0.308 e. The van der Waals surface area contributed by atoms with Crippen LogP contribution in [-0.4, -0.2) is 9.78 Å². The molecular formula is C13H15ClFN3. The fourth-order valence-corrected chi connectivity index (χ4v) is 1.93. The molecule has 0 saturated carbocycles. The van der Waals surface area contributed by atoms with E-state index >= 15 is 0 Å². The van der Waals surface area contributed by atoms with E-state index in [1.165, 1.54) is 0 Å². The van der Waals surface area contributed by atoms with Crippen LogP contribution in [0.15, 0.2) is 24.4 Å². The second-order valence-corrected chi connectivity index (χ2v) is 4.60. The average molecular weight is 268 g/mol. The predicted molar refractivity (Wildman–Crippen MR) is 69.9 cm³/mol. The van der Waals surface area contributed by atoms with Crippen molar-refractivity contribution in [1.82, 2.24) is 15.1 Å². The van der Waals surface area contributed by atoms with E-state index in [1.54, 1.807) is 18.2 Å². The average Bonchev–Trinajstić information content (AvgIpc) is 2.66. The highest BCUT2D eigenvalue weighted by molar-refractivity contribution is 6.30. The summed E-state index contributed by atoms with van der Waals surface area (Å²) in [5.41, 5.74) is 2.79. The molecule has 0 bridgehead atoms. The van der Waals surface area contributed by atoms with Crippen LogP contribution in [0.3, 0.4) is 0 Å². The Morgan fingerprint density at radius 3 is 2.72 bits per heavy atom. The van der Waals surface area contributed by atoms with Crippen LogP contribution < -0.4 is 5.32 Å². The van der Waals surface area contributed by atoms with Crippen molar-refractivity contribution in [2.75, 3.05) is 0 Å². The molecule has 2 rings (SSSR count). The van der Waals surface area contributed by atoms with E-state index in [4.69, 9.17) is 11.6 Å². The summed E-state index contributed by atoms with van der Waals surface area (Å²) in [6.45, 7) is 3.11. The minimum Gasteiger partial charge on any atom is -0.308 e. The van der Waals surface area contributed by atoms with Gasteiger partial charge < -0.3 is 5.32 Å². The van der Waals surface area contributed by atoms with Crippen LogP contribution in [0.1, 0.15) is 16.8 Å². The molecule has 0 saturated heterocycles. The molecule has 18 heavy (non-hydrogen) atoms. The number of nitrogens with one attached hydrogen (secondary N) is 1. The van der Waals surface area contributed by atoms with Crippen LogP contribution in [0, 0.1) is 12.7 Å². The van der Waals surface area contributed by atoms with Crippen LogP contribution in [0.5, 0.6) is 0 Å². The van der Waals surface area contributed by atoms with Crippen molar-refractivity contribution in [3.63, 3.8) is 0 Å². The Balaban J connectivity index is 1.97. The van der Waals surface area contributed by atoms with Gasteiger partial charge in [0.05, 0.1) is 11.2 Å². The van der Waals surface area contributed by atoms with Gasteiger partial charge in [-0.05, 0) is 13.0 Å². The number of aryl methyl sites for hydroxylation is 1. The molecule has 0 fully saturated rings. The molecular weight excluding hydrogens is 253 g/mol. The highest BCUT2D eigenvalue weighted by Gasteiger charge is 2.07. The second-order valence-electron chi connectivity index (χ2n) is 4.20. The van der Waals surface area contributed by atoms with Gasteiger partial charge in [0.15, 0.2) is 0 Å². The maximum absolute atomic E-state index is 13.6. The van der Waals surface area contributed by atoms with Crippen molar-refractivity contribution < 1.29 is 4.39 Å². The third kappa shape index (κ3) is 2.71. The van der Waals surface area contributed by atoms with Gasteiger partial charge in [0.25, 0.3) is 0 Å². The quantitative estimate of drug-likeness (QED) is 0.923. The van der Waals surface area contributed by atoms with Gasteiger partial charge in [0, 0.05) is 37.0 Å². The molecule has 96 valence electrons. The van der Waals surface area contributed by atoms with Gasteiger partial charge >= 0.3 is 0 Å². The first-order chi connectivity index (χ1) is 8.59. The Hall–Kier alpha value is -1.39. The molecule has 1 aromatic carbocycles. The van der Waals surface area contributed by atoms with E-state index in [1.807, 2.05) is 24.9 Å². The zero-order chi connectivity index (χ0) is 13.1. The number of halogens is 2. The van der Waals surface area contributed by atoms with Crippen molar-refractivity contribution in [3.05, 3.63) is 52.1 Å². The van der Waals surface area contributed by atoms with E-state index in [0.717, 1.165) is 11.3 Å². The van der Waals surface area contributed by atoms with Crippen molar-refractivity contribution in [3.8, 4) is 0 Å². The predicted octanol–water partition coefficient (Wildman–Crippen LogP) is 2.81. The molecule has 0 spiro atoms. The first kappa shape index (κ1) is 13.1. The maximum atomic E-state index is 13.6. The summed E-state index contributed by atoms with van der Waals surface area (Å²) in [5.74, 6) is -0.352. The lowest BCUT2D eigenvalue weighted by Crippen LogP contribution is -2.14. The first-order valence-corrected chi connectivity index (χ1v) is 6.08. The van der Waals surface area contributed by atoms with Crippen molar-refractivity contribution in [2.24, 2.45) is 7.05 Å². The highest BCUT2D eigenvalue weighted by atomic mass is 35.5. The standard InChI is InChI=1S/C13H15ClFN3/c1-9-11(8-17-18(9)2)7-16-6-10-4-3-5-12(14)13(10)15/h3-5,8,16H,6-7H2,1-2H3. The van der Waals surface area contributed by atoms with E-state index in [2.05, 4.69) is 10.4 Å². The SMILES string of the molecule is Cc1c(CNCc2cccc(Cl)c2F)cnn1C. The molecule has 0 amide bonds. The molecule has 0 atom stereocenters. The topological polar surface area (TPSA) is 29.9 Å². The van der Waals surface area contributed by atoms with Gasteiger partial charge in [-0.2, -0.15) is 5.10 Å². The Morgan fingerprint density at radius 1 is 1.33 bits per heavy atom. The third-order valence-corrected chi connectivity index (χ3v) is 3.29. The van der Waals surface area contributed by atoms with Crippen LogP contribution in [0.2, 0.25) is 5.02 Å². The summed E-state index contributed by atoms with van der Waals surface area (Å²) in [5, 5.41) is 7.50. The summed E-state index contributed by atoms with van der Waals surface area (Å²) in [4.78, 5) is 0. The Labute approximate surface area is 111 Å². The number of benzene rings is 1. The second kappa shape index (κ2) is 5.50. The summed E-state index contributed by atoms with van der Waals surface area (Å²) in [6, 6.07) is 5.02. The van der Waals surface area contributed by atoms with Crippen LogP contribution >= 0.6 is 11.6 Å². The molecule has 0 unspecified atom stereocenters. The molecule has 1 heterocycles. The number of hydrogen-bond donors (Lipinski definition) is 1. The molecule has 1 N–H and O–H groups in total. The third-order valence-electron chi connectivity index (χ3n) is 3.00. The van der Waals surface area contributed by atoms with Gasteiger partial charge in [-0.15, -0.1) is 0 Å². The lowest BCUT2D eigenvalue weighted by atomic mass is 10.2. The lowest BCUT2D eigenvalue weighted by Gasteiger charge is -2.06. The van der Waals surface area contributed by atoms with Gasteiger partial charge in [0.1, 0.15) is 5.82 Å². The first-order valence-electron chi connectivity index (χ1n) is 5.70.